The molecule has 4 aromatic carbocycles. The fourth-order valence-corrected chi connectivity index (χ4v) is 3.65. The molecule has 0 amide bonds. The Balaban J connectivity index is 1.82. The van der Waals surface area contributed by atoms with Crippen LogP contribution >= 0.6 is 0 Å². The number of carbonyl (C=O) groups excluding carboxylic acids is 2. The quantitative estimate of drug-likeness (QED) is 0.329. The van der Waals surface area contributed by atoms with Gasteiger partial charge in [-0.3, -0.25) is 4.79 Å². The van der Waals surface area contributed by atoms with Crippen LogP contribution in [0, 0.1) is 0 Å². The van der Waals surface area contributed by atoms with E-state index in [9.17, 15) is 19.8 Å². The van der Waals surface area contributed by atoms with Crippen molar-refractivity contribution in [3.05, 3.63) is 108 Å². The number of aromatic hydroxyl groups is 2. The van der Waals surface area contributed by atoms with Crippen LogP contribution in [-0.2, 0) is 4.74 Å². The Morgan fingerprint density at radius 2 is 1.25 bits per heavy atom. The predicted octanol–water partition coefficient (Wildman–Crippen LogP) is 5.45. The molecule has 5 nitrogen and oxygen atoms in total. The second-order valence-corrected chi connectivity index (χ2v) is 7.23. The summed E-state index contributed by atoms with van der Waals surface area (Å²) in [6, 6.07) is 25.1. The fourth-order valence-electron chi connectivity index (χ4n) is 3.65. The van der Waals surface area contributed by atoms with Crippen LogP contribution in [0.25, 0.3) is 22.3 Å². The Morgan fingerprint density at radius 1 is 0.656 bits per heavy atom. The van der Waals surface area contributed by atoms with Crippen LogP contribution in [0.1, 0.15) is 26.3 Å². The Kier molecular flexibility index (Phi) is 5.73. The molecule has 4 rings (SSSR count). The number of esters is 1. The molecular formula is C27H20O5. The maximum Gasteiger partial charge on any atom is 0.338 e. The molecule has 0 radical (unpaired) electrons. The zero-order chi connectivity index (χ0) is 22.7. The third-order valence-corrected chi connectivity index (χ3v) is 5.17. The van der Waals surface area contributed by atoms with E-state index in [-0.39, 0.29) is 22.8 Å². The summed E-state index contributed by atoms with van der Waals surface area (Å²) in [5.74, 6) is -0.678. The largest absolute Gasteiger partial charge is 0.508 e. The summed E-state index contributed by atoms with van der Waals surface area (Å²) in [7, 11) is 1.28. The van der Waals surface area contributed by atoms with Crippen molar-refractivity contribution in [1.29, 1.82) is 0 Å². The first-order chi connectivity index (χ1) is 15.5. The number of rotatable bonds is 5. The molecule has 0 saturated heterocycles. The lowest BCUT2D eigenvalue weighted by Gasteiger charge is -2.13. The van der Waals surface area contributed by atoms with Crippen LogP contribution < -0.4 is 0 Å². The second kappa shape index (κ2) is 8.78. The van der Waals surface area contributed by atoms with Crippen LogP contribution in [-0.4, -0.2) is 29.1 Å². The highest BCUT2D eigenvalue weighted by Gasteiger charge is 2.20. The highest BCUT2D eigenvalue weighted by molar-refractivity contribution is 6.14. The third-order valence-electron chi connectivity index (χ3n) is 5.17. The van der Waals surface area contributed by atoms with Gasteiger partial charge in [0.2, 0.25) is 0 Å². The number of phenolic OH excluding ortho intramolecular Hbond substituents is 2. The smallest absolute Gasteiger partial charge is 0.338 e. The topological polar surface area (TPSA) is 83.8 Å². The molecule has 0 aliphatic carbocycles. The van der Waals surface area contributed by atoms with E-state index in [1.807, 2.05) is 18.2 Å². The molecule has 0 heterocycles. The lowest BCUT2D eigenvalue weighted by molar-refractivity contribution is 0.0601. The summed E-state index contributed by atoms with van der Waals surface area (Å²) >= 11 is 0. The monoisotopic (exact) mass is 424 g/mol. The van der Waals surface area contributed by atoms with Gasteiger partial charge >= 0.3 is 5.97 Å². The number of hydrogen-bond acceptors (Lipinski definition) is 5. The number of carbonyl (C=O) groups is 2. The molecule has 0 unspecified atom stereocenters. The van der Waals surface area contributed by atoms with Gasteiger partial charge in [-0.1, -0.05) is 60.7 Å². The standard InChI is InChI=1S/C27H20O5/c1-32-27(31)25-16-19(12-13-23(25)18-7-5-9-21(29)15-18)26(30)24-11-3-2-10-22(24)17-6-4-8-20(28)14-17/h2-16,28-29H,1H3. The molecule has 0 spiro atoms. The van der Waals surface area contributed by atoms with E-state index >= 15 is 0 Å². The van der Waals surface area contributed by atoms with Gasteiger partial charge in [-0.25, -0.2) is 4.79 Å². The maximum absolute atomic E-state index is 13.4. The number of ether oxygens (including phenoxy) is 1. The molecule has 4 aromatic rings. The number of benzene rings is 4. The minimum absolute atomic E-state index is 0.0681. The molecule has 0 fully saturated rings. The van der Waals surface area contributed by atoms with Gasteiger partial charge in [-0.2, -0.15) is 0 Å². The first kappa shape index (κ1) is 20.9. The second-order valence-electron chi connectivity index (χ2n) is 7.23. The van der Waals surface area contributed by atoms with Gasteiger partial charge < -0.3 is 14.9 Å². The SMILES string of the molecule is COC(=O)c1cc(C(=O)c2ccccc2-c2cccc(O)c2)ccc1-c1cccc(O)c1. The van der Waals surface area contributed by atoms with E-state index < -0.39 is 5.97 Å². The van der Waals surface area contributed by atoms with Crippen molar-refractivity contribution in [3.63, 3.8) is 0 Å². The van der Waals surface area contributed by atoms with Gasteiger partial charge in [0.25, 0.3) is 0 Å². The molecule has 0 saturated carbocycles. The van der Waals surface area contributed by atoms with Gasteiger partial charge in [-0.15, -0.1) is 0 Å². The molecule has 0 aliphatic heterocycles. The van der Waals surface area contributed by atoms with Crippen molar-refractivity contribution in [3.8, 4) is 33.8 Å². The number of phenols is 2. The molecule has 32 heavy (non-hydrogen) atoms. The normalized spacial score (nSPS) is 10.5. The van der Waals surface area contributed by atoms with E-state index in [2.05, 4.69) is 0 Å². The van der Waals surface area contributed by atoms with Crippen LogP contribution in [0.4, 0.5) is 0 Å². The average Bonchev–Trinajstić information content (AvgIpc) is 2.82. The molecule has 0 atom stereocenters. The van der Waals surface area contributed by atoms with Crippen LogP contribution in [0.15, 0.2) is 91.0 Å². The van der Waals surface area contributed by atoms with E-state index in [1.54, 1.807) is 60.7 Å². The first-order valence-electron chi connectivity index (χ1n) is 9.93. The Morgan fingerprint density at radius 3 is 1.84 bits per heavy atom. The predicted molar refractivity (Wildman–Crippen MR) is 122 cm³/mol. The van der Waals surface area contributed by atoms with Gasteiger partial charge in [-0.05, 0) is 52.6 Å². The molecule has 5 heteroatoms. The van der Waals surface area contributed by atoms with Crippen molar-refractivity contribution in [2.45, 2.75) is 0 Å². The Hall–Kier alpha value is -4.38. The van der Waals surface area contributed by atoms with Gasteiger partial charge in [0.05, 0.1) is 12.7 Å². The van der Waals surface area contributed by atoms with Crippen molar-refractivity contribution in [2.75, 3.05) is 7.11 Å². The van der Waals surface area contributed by atoms with Crippen molar-refractivity contribution in [2.24, 2.45) is 0 Å². The molecule has 0 aliphatic rings. The van der Waals surface area contributed by atoms with Gasteiger partial charge in [0, 0.05) is 11.1 Å². The first-order valence-corrected chi connectivity index (χ1v) is 9.93. The number of methoxy groups -OCH3 is 1. The van der Waals surface area contributed by atoms with Crippen molar-refractivity contribution < 1.29 is 24.5 Å². The van der Waals surface area contributed by atoms with Crippen LogP contribution in [0.5, 0.6) is 11.5 Å². The zero-order valence-electron chi connectivity index (χ0n) is 17.3. The van der Waals surface area contributed by atoms with E-state index in [1.165, 1.54) is 19.2 Å². The molecule has 2 N–H and O–H groups in total. The minimum Gasteiger partial charge on any atom is -0.508 e. The zero-order valence-corrected chi connectivity index (χ0v) is 17.3. The summed E-state index contributed by atoms with van der Waals surface area (Å²) in [5, 5.41) is 19.7. The molecule has 0 bridgehead atoms. The summed E-state index contributed by atoms with van der Waals surface area (Å²) in [6.45, 7) is 0. The summed E-state index contributed by atoms with van der Waals surface area (Å²) in [4.78, 5) is 25.9. The number of hydrogen-bond donors (Lipinski definition) is 2. The molecule has 158 valence electrons. The third kappa shape index (κ3) is 4.09. The summed E-state index contributed by atoms with van der Waals surface area (Å²) in [5.41, 5.74) is 3.54. The van der Waals surface area contributed by atoms with Crippen LogP contribution in [0.2, 0.25) is 0 Å². The fraction of sp³-hybridized carbons (Fsp3) is 0.0370. The summed E-state index contributed by atoms with van der Waals surface area (Å²) < 4.78 is 4.93. The Bertz CT molecular complexity index is 1320. The number of ketones is 1. The van der Waals surface area contributed by atoms with E-state index in [0.717, 1.165) is 0 Å². The van der Waals surface area contributed by atoms with Crippen molar-refractivity contribution in [1.82, 2.24) is 0 Å². The lowest BCUT2D eigenvalue weighted by atomic mass is 9.91. The Labute approximate surface area is 185 Å². The average molecular weight is 424 g/mol. The maximum atomic E-state index is 13.4. The van der Waals surface area contributed by atoms with Gasteiger partial charge in [0.15, 0.2) is 5.78 Å². The van der Waals surface area contributed by atoms with Crippen LogP contribution in [0.3, 0.4) is 0 Å². The highest BCUT2D eigenvalue weighted by Crippen LogP contribution is 2.31. The van der Waals surface area contributed by atoms with E-state index in [0.29, 0.717) is 33.4 Å². The summed E-state index contributed by atoms with van der Waals surface area (Å²) in [6.07, 6.45) is 0. The molecule has 0 aromatic heterocycles. The van der Waals surface area contributed by atoms with Gasteiger partial charge in [0.1, 0.15) is 11.5 Å². The van der Waals surface area contributed by atoms with E-state index in [4.69, 9.17) is 4.74 Å². The molecular weight excluding hydrogens is 404 g/mol. The minimum atomic E-state index is -0.584. The highest BCUT2D eigenvalue weighted by atomic mass is 16.5. The lowest BCUT2D eigenvalue weighted by Crippen LogP contribution is -2.09. The van der Waals surface area contributed by atoms with Crippen molar-refractivity contribution >= 4 is 11.8 Å².